The van der Waals surface area contributed by atoms with Crippen LogP contribution in [0.25, 0.3) is 0 Å². The maximum Gasteiger partial charge on any atom is 0.255 e. The molecule has 0 radical (unpaired) electrons. The molecule has 0 unspecified atom stereocenters. The molecule has 0 aliphatic carbocycles. The van der Waals surface area contributed by atoms with E-state index < -0.39 is 0 Å². The molecule has 2 N–H and O–H groups in total. The van der Waals surface area contributed by atoms with E-state index in [4.69, 9.17) is 0 Å². The second kappa shape index (κ2) is 8.74. The number of nitrogens with zero attached hydrogens (tertiary/aromatic N) is 2. The second-order valence-electron chi connectivity index (χ2n) is 5.78. The lowest BCUT2D eigenvalue weighted by atomic mass is 10.1. The summed E-state index contributed by atoms with van der Waals surface area (Å²) in [6.45, 7) is 3.48. The van der Waals surface area contributed by atoms with Crippen molar-refractivity contribution in [2.24, 2.45) is 0 Å². The fourth-order valence-corrected chi connectivity index (χ4v) is 2.97. The lowest BCUT2D eigenvalue weighted by Crippen LogP contribution is -2.15. The third kappa shape index (κ3) is 6.08. The normalized spacial score (nSPS) is 11.0. The van der Waals surface area contributed by atoms with Gasteiger partial charge in [0, 0.05) is 36.4 Å². The van der Waals surface area contributed by atoms with Crippen LogP contribution in [0.15, 0.2) is 35.3 Å². The predicted octanol–water partition coefficient (Wildman–Crippen LogP) is 2.49. The van der Waals surface area contributed by atoms with E-state index in [1.54, 1.807) is 13.1 Å². The molecule has 2 rings (SSSR count). The summed E-state index contributed by atoms with van der Waals surface area (Å²) in [5, 5.41) is 3.14. The van der Waals surface area contributed by atoms with Crippen molar-refractivity contribution < 1.29 is 0 Å². The first kappa shape index (κ1) is 17.6. The number of benzene rings is 1. The predicted molar refractivity (Wildman–Crippen MR) is 98.1 cm³/mol. The van der Waals surface area contributed by atoms with Crippen molar-refractivity contribution in [2.75, 3.05) is 31.7 Å². The largest absolute Gasteiger partial charge is 0.355 e. The minimum absolute atomic E-state index is 0.0899. The van der Waals surface area contributed by atoms with Gasteiger partial charge in [0.25, 0.3) is 5.56 Å². The number of aryl methyl sites for hydroxylation is 1. The van der Waals surface area contributed by atoms with Gasteiger partial charge in [-0.2, -0.15) is 11.8 Å². The summed E-state index contributed by atoms with van der Waals surface area (Å²) in [4.78, 5) is 20.5. The van der Waals surface area contributed by atoms with Crippen molar-refractivity contribution in [2.45, 2.75) is 19.2 Å². The molecular weight excluding hydrogens is 308 g/mol. The Morgan fingerprint density at radius 1 is 1.30 bits per heavy atom. The minimum atomic E-state index is -0.0899. The Labute approximate surface area is 141 Å². The number of hydrogen-bond acceptors (Lipinski definition) is 5. The van der Waals surface area contributed by atoms with Crippen LogP contribution in [0.3, 0.4) is 0 Å². The maximum atomic E-state index is 11.5. The lowest BCUT2D eigenvalue weighted by molar-refractivity contribution is 0.402. The molecule has 0 aliphatic rings. The Morgan fingerprint density at radius 2 is 2.09 bits per heavy atom. The van der Waals surface area contributed by atoms with Crippen molar-refractivity contribution in [3.05, 3.63) is 57.5 Å². The Hall–Kier alpha value is -1.79. The van der Waals surface area contributed by atoms with Gasteiger partial charge in [0.15, 0.2) is 0 Å². The third-order valence-corrected chi connectivity index (χ3v) is 4.31. The second-order valence-corrected chi connectivity index (χ2v) is 6.89. The quantitative estimate of drug-likeness (QED) is 0.727. The summed E-state index contributed by atoms with van der Waals surface area (Å²) in [6.07, 6.45) is 1.59. The Balaban J connectivity index is 1.73. The molecule has 0 amide bonds. The van der Waals surface area contributed by atoms with E-state index in [0.717, 1.165) is 24.6 Å². The van der Waals surface area contributed by atoms with Crippen LogP contribution in [0.4, 0.5) is 5.95 Å². The maximum absolute atomic E-state index is 11.5. The first-order valence-corrected chi connectivity index (χ1v) is 8.80. The molecule has 1 aromatic carbocycles. The molecule has 0 fully saturated rings. The van der Waals surface area contributed by atoms with Gasteiger partial charge in [0.2, 0.25) is 5.95 Å². The van der Waals surface area contributed by atoms with Gasteiger partial charge in [0.1, 0.15) is 0 Å². The van der Waals surface area contributed by atoms with Crippen LogP contribution in [0.2, 0.25) is 0 Å². The number of H-pyrrole nitrogens is 1. The van der Waals surface area contributed by atoms with Gasteiger partial charge < -0.3 is 10.2 Å². The molecule has 23 heavy (non-hydrogen) atoms. The zero-order chi connectivity index (χ0) is 16.7. The van der Waals surface area contributed by atoms with Crippen molar-refractivity contribution in [3.8, 4) is 0 Å². The fraction of sp³-hybridized carbons (Fsp3) is 0.412. The molecule has 2 aromatic rings. The van der Waals surface area contributed by atoms with Crippen LogP contribution in [-0.4, -0.2) is 41.3 Å². The summed E-state index contributed by atoms with van der Waals surface area (Å²) in [5.74, 6) is 2.48. The molecule has 0 bridgehead atoms. The summed E-state index contributed by atoms with van der Waals surface area (Å²) >= 11 is 1.86. The van der Waals surface area contributed by atoms with E-state index >= 15 is 0 Å². The highest BCUT2D eigenvalue weighted by Gasteiger charge is 2.00. The fourth-order valence-electron chi connectivity index (χ4n) is 2.16. The highest BCUT2D eigenvalue weighted by Crippen LogP contribution is 2.14. The summed E-state index contributed by atoms with van der Waals surface area (Å²) < 4.78 is 0. The molecule has 0 saturated carbocycles. The SMILES string of the molecule is Cc1cnc(NCCSCc2cccc(CN(C)C)c2)[nH]c1=O. The zero-order valence-corrected chi connectivity index (χ0v) is 14.7. The van der Waals surface area contributed by atoms with E-state index in [2.05, 4.69) is 58.5 Å². The van der Waals surface area contributed by atoms with Crippen LogP contribution in [0, 0.1) is 6.92 Å². The van der Waals surface area contributed by atoms with Gasteiger partial charge in [-0.3, -0.25) is 9.78 Å². The molecule has 1 heterocycles. The molecule has 1 aromatic heterocycles. The number of aromatic nitrogens is 2. The lowest BCUT2D eigenvalue weighted by Gasteiger charge is -2.11. The molecular formula is C17H24N4OS. The molecule has 5 nitrogen and oxygen atoms in total. The van der Waals surface area contributed by atoms with Gasteiger partial charge in [-0.25, -0.2) is 4.98 Å². The van der Waals surface area contributed by atoms with Crippen LogP contribution in [0.1, 0.15) is 16.7 Å². The van der Waals surface area contributed by atoms with Gasteiger partial charge >= 0.3 is 0 Å². The summed E-state index contributed by atoms with van der Waals surface area (Å²) in [7, 11) is 4.16. The number of rotatable bonds is 8. The molecule has 6 heteroatoms. The Kier molecular flexibility index (Phi) is 6.67. The standard InChI is InChI=1S/C17H24N4OS/c1-13-10-19-17(20-16(13)22)18-7-8-23-12-15-6-4-5-14(9-15)11-21(2)3/h4-6,9-10H,7-8,11-12H2,1-3H3,(H2,18,19,20,22). The topological polar surface area (TPSA) is 61.0 Å². The molecule has 124 valence electrons. The Morgan fingerprint density at radius 3 is 2.83 bits per heavy atom. The zero-order valence-electron chi connectivity index (χ0n) is 13.9. The van der Waals surface area contributed by atoms with Gasteiger partial charge in [-0.15, -0.1) is 0 Å². The molecule has 0 aliphatic heterocycles. The first-order valence-electron chi connectivity index (χ1n) is 7.64. The monoisotopic (exact) mass is 332 g/mol. The minimum Gasteiger partial charge on any atom is -0.355 e. The van der Waals surface area contributed by atoms with E-state index in [-0.39, 0.29) is 5.56 Å². The van der Waals surface area contributed by atoms with E-state index in [1.807, 2.05) is 11.8 Å². The number of nitrogens with one attached hydrogen (secondary N) is 2. The smallest absolute Gasteiger partial charge is 0.255 e. The van der Waals surface area contributed by atoms with Crippen molar-refractivity contribution in [1.82, 2.24) is 14.9 Å². The Bertz CT molecular complexity index is 684. The van der Waals surface area contributed by atoms with Crippen LogP contribution in [0.5, 0.6) is 0 Å². The molecule has 0 spiro atoms. The van der Waals surface area contributed by atoms with Crippen LogP contribution >= 0.6 is 11.8 Å². The average molecular weight is 332 g/mol. The van der Waals surface area contributed by atoms with Gasteiger partial charge in [0.05, 0.1) is 0 Å². The number of anilines is 1. The number of thioether (sulfide) groups is 1. The van der Waals surface area contributed by atoms with E-state index in [0.29, 0.717) is 11.5 Å². The van der Waals surface area contributed by atoms with Gasteiger partial charge in [-0.05, 0) is 32.1 Å². The highest BCUT2D eigenvalue weighted by molar-refractivity contribution is 7.98. The van der Waals surface area contributed by atoms with Crippen molar-refractivity contribution in [3.63, 3.8) is 0 Å². The first-order chi connectivity index (χ1) is 11.0. The highest BCUT2D eigenvalue weighted by atomic mass is 32.2. The van der Waals surface area contributed by atoms with Crippen LogP contribution < -0.4 is 10.9 Å². The van der Waals surface area contributed by atoms with Crippen molar-refractivity contribution in [1.29, 1.82) is 0 Å². The third-order valence-electron chi connectivity index (χ3n) is 3.28. The van der Waals surface area contributed by atoms with E-state index in [1.165, 1.54) is 11.1 Å². The average Bonchev–Trinajstić information content (AvgIpc) is 2.50. The summed E-state index contributed by atoms with van der Waals surface area (Å²) in [5.41, 5.74) is 3.22. The number of hydrogen-bond donors (Lipinski definition) is 2. The van der Waals surface area contributed by atoms with E-state index in [9.17, 15) is 4.79 Å². The molecule has 0 saturated heterocycles. The van der Waals surface area contributed by atoms with Crippen LogP contribution in [-0.2, 0) is 12.3 Å². The molecule has 0 atom stereocenters. The number of aromatic amines is 1. The summed E-state index contributed by atoms with van der Waals surface area (Å²) in [6, 6.07) is 8.71. The van der Waals surface area contributed by atoms with Crippen molar-refractivity contribution >= 4 is 17.7 Å². The van der Waals surface area contributed by atoms with Gasteiger partial charge in [-0.1, -0.05) is 24.3 Å².